The lowest BCUT2D eigenvalue weighted by Crippen LogP contribution is -2.53. The van der Waals surface area contributed by atoms with E-state index in [2.05, 4.69) is 37.9 Å². The first-order valence-electron chi connectivity index (χ1n) is 9.29. The third-order valence-electron chi connectivity index (χ3n) is 4.69. The molecule has 1 aromatic carbocycles. The van der Waals surface area contributed by atoms with E-state index >= 15 is 0 Å². The highest BCUT2D eigenvalue weighted by molar-refractivity contribution is 7.89. The van der Waals surface area contributed by atoms with Gasteiger partial charge >= 0.3 is 0 Å². The molecule has 0 aromatic heterocycles. The summed E-state index contributed by atoms with van der Waals surface area (Å²) >= 11 is 5.41. The lowest BCUT2D eigenvalue weighted by molar-refractivity contribution is 0.264. The third-order valence-corrected chi connectivity index (χ3v) is 7.01. The fourth-order valence-corrected chi connectivity index (χ4v) is 4.60. The molecule has 1 heterocycles. The molecule has 26 heavy (non-hydrogen) atoms. The lowest BCUT2D eigenvalue weighted by Gasteiger charge is -2.35. The monoisotopic (exact) mass is 397 g/mol. The molecular formula is C19H31N3O2S2. The predicted octanol–water partition coefficient (Wildman–Crippen LogP) is 2.97. The van der Waals surface area contributed by atoms with E-state index in [1.165, 1.54) is 0 Å². The van der Waals surface area contributed by atoms with E-state index in [4.69, 9.17) is 12.2 Å². The van der Waals surface area contributed by atoms with Crippen molar-refractivity contribution in [3.8, 4) is 0 Å². The van der Waals surface area contributed by atoms with Crippen LogP contribution in [0.1, 0.15) is 46.1 Å². The van der Waals surface area contributed by atoms with Gasteiger partial charge in [0.15, 0.2) is 5.11 Å². The van der Waals surface area contributed by atoms with E-state index in [9.17, 15) is 8.42 Å². The van der Waals surface area contributed by atoms with E-state index in [0.717, 1.165) is 30.1 Å². The Morgan fingerprint density at radius 1 is 1.12 bits per heavy atom. The first-order valence-corrected chi connectivity index (χ1v) is 11.1. The number of unbranched alkanes of at least 4 members (excludes halogenated alkanes) is 1. The molecule has 0 unspecified atom stereocenters. The quantitative estimate of drug-likeness (QED) is 0.611. The zero-order valence-corrected chi connectivity index (χ0v) is 17.9. The number of hydrogen-bond acceptors (Lipinski definition) is 3. The van der Waals surface area contributed by atoms with Gasteiger partial charge in [-0.3, -0.25) is 0 Å². The highest BCUT2D eigenvalue weighted by Crippen LogP contribution is 2.25. The number of rotatable bonds is 5. The largest absolute Gasteiger partial charge is 0.363 e. The Bertz CT molecular complexity index is 701. The van der Waals surface area contributed by atoms with Crippen molar-refractivity contribution < 1.29 is 8.42 Å². The van der Waals surface area contributed by atoms with Gasteiger partial charge in [-0.2, -0.15) is 4.31 Å². The van der Waals surface area contributed by atoms with E-state index in [1.807, 2.05) is 12.1 Å². The molecule has 0 bridgehead atoms. The number of piperazine rings is 1. The maximum absolute atomic E-state index is 12.9. The van der Waals surface area contributed by atoms with Gasteiger partial charge in [0, 0.05) is 32.7 Å². The number of nitrogens with zero attached hydrogens (tertiary/aromatic N) is 2. The molecule has 1 aliphatic rings. The average molecular weight is 398 g/mol. The molecule has 0 radical (unpaired) electrons. The standard InChI is InChI=1S/C19H31N3O2S2/c1-5-6-11-20-18(25)21-12-14-22(15-13-21)26(23,24)17-9-7-16(8-10-17)19(2,3)4/h7-10H,5-6,11-15H2,1-4H3,(H,20,25). The van der Waals surface area contributed by atoms with Crippen LogP contribution in [-0.2, 0) is 15.4 Å². The van der Waals surface area contributed by atoms with Crippen LogP contribution in [-0.4, -0.2) is 55.5 Å². The average Bonchev–Trinajstić information content (AvgIpc) is 2.61. The van der Waals surface area contributed by atoms with Crippen LogP contribution in [0.2, 0.25) is 0 Å². The van der Waals surface area contributed by atoms with Crippen molar-refractivity contribution in [2.24, 2.45) is 0 Å². The molecule has 1 N–H and O–H groups in total. The molecule has 1 aliphatic heterocycles. The van der Waals surface area contributed by atoms with Crippen LogP contribution in [0.25, 0.3) is 0 Å². The van der Waals surface area contributed by atoms with Gasteiger partial charge < -0.3 is 10.2 Å². The van der Waals surface area contributed by atoms with Gasteiger partial charge in [0.05, 0.1) is 4.90 Å². The topological polar surface area (TPSA) is 52.6 Å². The third kappa shape index (κ3) is 5.18. The van der Waals surface area contributed by atoms with Gasteiger partial charge in [-0.15, -0.1) is 0 Å². The van der Waals surface area contributed by atoms with Crippen molar-refractivity contribution in [3.05, 3.63) is 29.8 Å². The number of thiocarbonyl (C=S) groups is 1. The molecule has 5 nitrogen and oxygen atoms in total. The first-order chi connectivity index (χ1) is 12.2. The molecule has 0 amide bonds. The Morgan fingerprint density at radius 2 is 1.69 bits per heavy atom. The zero-order valence-electron chi connectivity index (χ0n) is 16.3. The Balaban J connectivity index is 1.98. The second-order valence-electron chi connectivity index (χ2n) is 7.75. The molecule has 0 aliphatic carbocycles. The second kappa shape index (κ2) is 8.67. The van der Waals surface area contributed by atoms with Gasteiger partial charge in [-0.05, 0) is 41.7 Å². The molecule has 1 aromatic rings. The Kier molecular flexibility index (Phi) is 7.05. The van der Waals surface area contributed by atoms with Crippen molar-refractivity contribution in [2.75, 3.05) is 32.7 Å². The van der Waals surface area contributed by atoms with E-state index in [0.29, 0.717) is 31.1 Å². The summed E-state index contributed by atoms with van der Waals surface area (Å²) < 4.78 is 27.3. The van der Waals surface area contributed by atoms with Gasteiger partial charge in [0.1, 0.15) is 0 Å². The predicted molar refractivity (Wildman–Crippen MR) is 111 cm³/mol. The van der Waals surface area contributed by atoms with Crippen molar-refractivity contribution >= 4 is 27.4 Å². The Hall–Kier alpha value is -1.18. The van der Waals surface area contributed by atoms with Crippen LogP contribution >= 0.6 is 12.2 Å². The maximum atomic E-state index is 12.9. The van der Waals surface area contributed by atoms with Crippen molar-refractivity contribution in [1.29, 1.82) is 0 Å². The summed E-state index contributed by atoms with van der Waals surface area (Å²) in [5.41, 5.74) is 1.14. The Labute approximate surface area is 163 Å². The summed E-state index contributed by atoms with van der Waals surface area (Å²) in [5.74, 6) is 0. The normalized spacial score (nSPS) is 16.5. The molecule has 0 saturated carbocycles. The van der Waals surface area contributed by atoms with Crippen LogP contribution < -0.4 is 5.32 Å². The van der Waals surface area contributed by atoms with Crippen LogP contribution in [0, 0.1) is 0 Å². The van der Waals surface area contributed by atoms with E-state index in [-0.39, 0.29) is 5.41 Å². The van der Waals surface area contributed by atoms with Crippen LogP contribution in [0.15, 0.2) is 29.2 Å². The summed E-state index contributed by atoms with van der Waals surface area (Å²) in [4.78, 5) is 2.42. The van der Waals surface area contributed by atoms with E-state index < -0.39 is 10.0 Å². The van der Waals surface area contributed by atoms with Crippen LogP contribution in [0.5, 0.6) is 0 Å². The fourth-order valence-electron chi connectivity index (χ4n) is 2.89. The summed E-state index contributed by atoms with van der Waals surface area (Å²) in [7, 11) is -3.45. The highest BCUT2D eigenvalue weighted by Gasteiger charge is 2.29. The summed E-state index contributed by atoms with van der Waals surface area (Å²) in [6, 6.07) is 7.27. The maximum Gasteiger partial charge on any atom is 0.243 e. The van der Waals surface area contributed by atoms with Crippen LogP contribution in [0.4, 0.5) is 0 Å². The molecule has 1 saturated heterocycles. The molecule has 0 spiro atoms. The van der Waals surface area contributed by atoms with Crippen LogP contribution in [0.3, 0.4) is 0 Å². The molecule has 0 atom stereocenters. The minimum Gasteiger partial charge on any atom is -0.363 e. The number of benzene rings is 1. The van der Waals surface area contributed by atoms with Gasteiger partial charge in [-0.1, -0.05) is 46.2 Å². The molecule has 2 rings (SSSR count). The highest BCUT2D eigenvalue weighted by atomic mass is 32.2. The molecule has 7 heteroatoms. The minimum absolute atomic E-state index is 0.00832. The summed E-state index contributed by atoms with van der Waals surface area (Å²) in [5, 5.41) is 3.98. The summed E-state index contributed by atoms with van der Waals surface area (Å²) in [6.45, 7) is 11.5. The molecular weight excluding hydrogens is 366 g/mol. The number of nitrogens with one attached hydrogen (secondary N) is 1. The zero-order chi connectivity index (χ0) is 19.4. The SMILES string of the molecule is CCCCNC(=S)N1CCN(S(=O)(=O)c2ccc(C(C)(C)C)cc2)CC1. The van der Waals surface area contributed by atoms with Crippen molar-refractivity contribution in [3.63, 3.8) is 0 Å². The number of sulfonamides is 1. The van der Waals surface area contributed by atoms with Gasteiger partial charge in [0.2, 0.25) is 10.0 Å². The molecule has 1 fully saturated rings. The second-order valence-corrected chi connectivity index (χ2v) is 10.1. The number of hydrogen-bond donors (Lipinski definition) is 1. The molecule has 146 valence electrons. The smallest absolute Gasteiger partial charge is 0.243 e. The van der Waals surface area contributed by atoms with Gasteiger partial charge in [0.25, 0.3) is 0 Å². The van der Waals surface area contributed by atoms with Gasteiger partial charge in [-0.25, -0.2) is 8.42 Å². The first kappa shape index (κ1) is 21.1. The Morgan fingerprint density at radius 3 is 2.19 bits per heavy atom. The summed E-state index contributed by atoms with van der Waals surface area (Å²) in [6.07, 6.45) is 2.20. The van der Waals surface area contributed by atoms with Crippen molar-refractivity contribution in [2.45, 2.75) is 50.8 Å². The van der Waals surface area contributed by atoms with Crippen molar-refractivity contribution in [1.82, 2.24) is 14.5 Å². The lowest BCUT2D eigenvalue weighted by atomic mass is 9.87. The fraction of sp³-hybridized carbons (Fsp3) is 0.632. The minimum atomic E-state index is -3.45. The van der Waals surface area contributed by atoms with E-state index in [1.54, 1.807) is 16.4 Å².